The van der Waals surface area contributed by atoms with E-state index in [1.165, 1.54) is 0 Å². The van der Waals surface area contributed by atoms with Crippen LogP contribution in [0.1, 0.15) is 26.2 Å². The Hall–Kier alpha value is -2.76. The van der Waals surface area contributed by atoms with Crippen molar-refractivity contribution < 1.29 is 14.3 Å². The third kappa shape index (κ3) is 5.46. The number of benzene rings is 1. The fraction of sp³-hybridized carbons (Fsp3) is 0.333. The number of carbonyl (C=O) groups is 1. The van der Waals surface area contributed by atoms with E-state index in [-0.39, 0.29) is 5.91 Å². The average Bonchev–Trinajstić information content (AvgIpc) is 2.59. The van der Waals surface area contributed by atoms with Crippen molar-refractivity contribution in [2.75, 3.05) is 24.3 Å². The summed E-state index contributed by atoms with van der Waals surface area (Å²) in [7, 11) is 0. The largest absolute Gasteiger partial charge is 0.491 e. The number of rotatable bonds is 9. The maximum atomic E-state index is 12.0. The fourth-order valence-electron chi connectivity index (χ4n) is 2.03. The summed E-state index contributed by atoms with van der Waals surface area (Å²) in [6.45, 7) is 3.03. The van der Waals surface area contributed by atoms with Gasteiger partial charge in [0.2, 0.25) is 5.91 Å². The molecule has 0 radical (unpaired) electrons. The molecule has 1 aromatic carbocycles. The summed E-state index contributed by atoms with van der Waals surface area (Å²) in [5, 5.41) is 2.77. The summed E-state index contributed by atoms with van der Waals surface area (Å²) in [6.07, 6.45) is 3.42. The molecule has 0 fully saturated rings. The summed E-state index contributed by atoms with van der Waals surface area (Å²) >= 11 is 0. The van der Waals surface area contributed by atoms with Gasteiger partial charge in [-0.25, -0.2) is 4.98 Å². The Balaban J connectivity index is 1.76. The highest BCUT2D eigenvalue weighted by atomic mass is 16.5. The zero-order valence-electron chi connectivity index (χ0n) is 13.8. The predicted octanol–water partition coefficient (Wildman–Crippen LogP) is 3.25. The minimum absolute atomic E-state index is 0.125. The molecular weight excluding hydrogens is 306 g/mol. The lowest BCUT2D eigenvalue weighted by Gasteiger charge is -2.11. The Bertz CT molecular complexity index is 661. The van der Waals surface area contributed by atoms with Crippen LogP contribution in [-0.2, 0) is 4.79 Å². The maximum Gasteiger partial charge on any atom is 0.225 e. The standard InChI is InChI=1S/C18H23N3O3/c1-2-12-23-16-9-5-11-20-18(16)21-17(22)10-6-13-24-15-8-4-3-7-14(15)19/h3-5,7-9,11H,2,6,10,12-13,19H2,1H3,(H,20,21,22). The molecule has 2 aromatic rings. The van der Waals surface area contributed by atoms with E-state index in [0.717, 1.165) is 6.42 Å². The van der Waals surface area contributed by atoms with Crippen molar-refractivity contribution >= 4 is 17.4 Å². The quantitative estimate of drug-likeness (QED) is 0.545. The fourth-order valence-corrected chi connectivity index (χ4v) is 2.03. The van der Waals surface area contributed by atoms with E-state index >= 15 is 0 Å². The van der Waals surface area contributed by atoms with E-state index in [1.54, 1.807) is 30.5 Å². The van der Waals surface area contributed by atoms with Crippen LogP contribution in [0.2, 0.25) is 0 Å². The second-order valence-electron chi connectivity index (χ2n) is 5.24. The van der Waals surface area contributed by atoms with Crippen LogP contribution in [0.3, 0.4) is 0 Å². The van der Waals surface area contributed by atoms with Crippen molar-refractivity contribution in [1.82, 2.24) is 4.98 Å². The average molecular weight is 329 g/mol. The van der Waals surface area contributed by atoms with Crippen molar-refractivity contribution in [3.8, 4) is 11.5 Å². The molecule has 6 heteroatoms. The Morgan fingerprint density at radius 2 is 1.88 bits per heavy atom. The lowest BCUT2D eigenvalue weighted by atomic mass is 10.3. The Morgan fingerprint density at radius 3 is 2.67 bits per heavy atom. The maximum absolute atomic E-state index is 12.0. The van der Waals surface area contributed by atoms with Crippen molar-refractivity contribution in [3.63, 3.8) is 0 Å². The first-order valence-corrected chi connectivity index (χ1v) is 8.05. The molecule has 0 saturated heterocycles. The van der Waals surface area contributed by atoms with Crippen LogP contribution in [0.5, 0.6) is 11.5 Å². The van der Waals surface area contributed by atoms with Gasteiger partial charge in [0.15, 0.2) is 11.6 Å². The number of anilines is 2. The molecule has 0 aliphatic carbocycles. The van der Waals surface area contributed by atoms with Crippen molar-refractivity contribution in [1.29, 1.82) is 0 Å². The molecule has 3 N–H and O–H groups in total. The zero-order valence-corrected chi connectivity index (χ0v) is 13.8. The van der Waals surface area contributed by atoms with Crippen LogP contribution in [0.25, 0.3) is 0 Å². The smallest absolute Gasteiger partial charge is 0.225 e. The minimum atomic E-state index is -0.125. The number of nitrogen functional groups attached to an aromatic ring is 1. The normalized spacial score (nSPS) is 10.2. The lowest BCUT2D eigenvalue weighted by molar-refractivity contribution is -0.116. The van der Waals surface area contributed by atoms with Crippen LogP contribution < -0.4 is 20.5 Å². The SMILES string of the molecule is CCCOc1cccnc1NC(=O)CCCOc1ccccc1N. The number of nitrogens with two attached hydrogens (primary N) is 1. The van der Waals surface area contributed by atoms with Crippen LogP contribution >= 0.6 is 0 Å². The highest BCUT2D eigenvalue weighted by Crippen LogP contribution is 2.22. The minimum Gasteiger partial charge on any atom is -0.491 e. The third-order valence-electron chi connectivity index (χ3n) is 3.21. The summed E-state index contributed by atoms with van der Waals surface area (Å²) in [5.74, 6) is 1.54. The zero-order chi connectivity index (χ0) is 17.2. The van der Waals surface area contributed by atoms with E-state index in [9.17, 15) is 4.79 Å². The van der Waals surface area contributed by atoms with E-state index in [2.05, 4.69) is 10.3 Å². The molecule has 24 heavy (non-hydrogen) atoms. The predicted molar refractivity (Wildman–Crippen MR) is 94.2 cm³/mol. The first-order chi connectivity index (χ1) is 11.7. The van der Waals surface area contributed by atoms with Crippen molar-refractivity contribution in [2.45, 2.75) is 26.2 Å². The number of carbonyl (C=O) groups excluding carboxylic acids is 1. The molecule has 1 heterocycles. The molecule has 0 saturated carbocycles. The molecule has 0 aliphatic rings. The van der Waals surface area contributed by atoms with Crippen LogP contribution in [0, 0.1) is 0 Å². The van der Waals surface area contributed by atoms with Gasteiger partial charge in [-0.05, 0) is 37.1 Å². The molecule has 2 rings (SSSR count). The number of amides is 1. The first-order valence-electron chi connectivity index (χ1n) is 8.05. The second kappa shape index (κ2) is 9.39. The van der Waals surface area contributed by atoms with E-state index in [4.69, 9.17) is 15.2 Å². The summed E-state index contributed by atoms with van der Waals surface area (Å²) in [4.78, 5) is 16.2. The molecule has 6 nitrogen and oxygen atoms in total. The van der Waals surface area contributed by atoms with Crippen LogP contribution in [0.4, 0.5) is 11.5 Å². The van der Waals surface area contributed by atoms with Gasteiger partial charge < -0.3 is 20.5 Å². The van der Waals surface area contributed by atoms with Gasteiger partial charge in [0.05, 0.1) is 18.9 Å². The van der Waals surface area contributed by atoms with E-state index in [0.29, 0.717) is 49.1 Å². The molecule has 1 amide bonds. The van der Waals surface area contributed by atoms with Gasteiger partial charge in [-0.3, -0.25) is 4.79 Å². The third-order valence-corrected chi connectivity index (χ3v) is 3.21. The number of pyridine rings is 1. The van der Waals surface area contributed by atoms with Gasteiger partial charge in [0.1, 0.15) is 5.75 Å². The number of para-hydroxylation sites is 2. The summed E-state index contributed by atoms with van der Waals surface area (Å²) in [6, 6.07) is 10.9. The molecule has 0 spiro atoms. The summed E-state index contributed by atoms with van der Waals surface area (Å²) in [5.41, 5.74) is 6.39. The van der Waals surface area contributed by atoms with Crippen LogP contribution in [-0.4, -0.2) is 24.1 Å². The van der Waals surface area contributed by atoms with Crippen LogP contribution in [0.15, 0.2) is 42.6 Å². The van der Waals surface area contributed by atoms with Crippen molar-refractivity contribution in [3.05, 3.63) is 42.6 Å². The Labute approximate surface area is 142 Å². The molecule has 0 atom stereocenters. The van der Waals surface area contributed by atoms with Crippen molar-refractivity contribution in [2.24, 2.45) is 0 Å². The second-order valence-corrected chi connectivity index (χ2v) is 5.24. The van der Waals surface area contributed by atoms with E-state index < -0.39 is 0 Å². The van der Waals surface area contributed by atoms with Gasteiger partial charge in [-0.2, -0.15) is 0 Å². The number of aromatic nitrogens is 1. The number of hydrogen-bond acceptors (Lipinski definition) is 5. The molecule has 0 aliphatic heterocycles. The Kier molecular flexibility index (Phi) is 6.89. The highest BCUT2D eigenvalue weighted by Gasteiger charge is 2.09. The van der Waals surface area contributed by atoms with Gasteiger partial charge in [0, 0.05) is 12.6 Å². The first kappa shape index (κ1) is 17.6. The van der Waals surface area contributed by atoms with E-state index in [1.807, 2.05) is 19.1 Å². The Morgan fingerprint density at radius 1 is 1.12 bits per heavy atom. The monoisotopic (exact) mass is 329 g/mol. The highest BCUT2D eigenvalue weighted by molar-refractivity contribution is 5.91. The lowest BCUT2D eigenvalue weighted by Crippen LogP contribution is -2.15. The topological polar surface area (TPSA) is 86.5 Å². The molecule has 0 bridgehead atoms. The van der Waals surface area contributed by atoms with Gasteiger partial charge in [-0.15, -0.1) is 0 Å². The molecule has 0 unspecified atom stereocenters. The molecular formula is C18H23N3O3. The number of nitrogens with one attached hydrogen (secondary N) is 1. The molecule has 128 valence electrons. The molecule has 1 aromatic heterocycles. The van der Waals surface area contributed by atoms with Gasteiger partial charge in [0.25, 0.3) is 0 Å². The van der Waals surface area contributed by atoms with Gasteiger partial charge >= 0.3 is 0 Å². The number of hydrogen-bond donors (Lipinski definition) is 2. The summed E-state index contributed by atoms with van der Waals surface area (Å²) < 4.78 is 11.1. The number of nitrogens with zero attached hydrogens (tertiary/aromatic N) is 1. The van der Waals surface area contributed by atoms with Gasteiger partial charge in [-0.1, -0.05) is 19.1 Å². The number of ether oxygens (including phenoxy) is 2.